The zero-order valence-electron chi connectivity index (χ0n) is 12.5. The van der Waals surface area contributed by atoms with Gasteiger partial charge < -0.3 is 10.1 Å². The minimum absolute atomic E-state index is 0.294. The number of sulfonamides is 1. The molecule has 0 aliphatic carbocycles. The predicted molar refractivity (Wildman–Crippen MR) is 82.7 cm³/mol. The molecular formula is C13H24N2O3S2. The standard InChI is InChI=1S/C13H24N2O3S2/c1-5-18-7-6-15-20(16,17)13-11(4)9-19-12(13)8-14-10(2)3/h9-10,14-15H,5-8H2,1-4H3. The summed E-state index contributed by atoms with van der Waals surface area (Å²) in [6.45, 7) is 9.62. The van der Waals surface area contributed by atoms with Crippen LogP contribution in [0.3, 0.4) is 0 Å². The zero-order valence-corrected chi connectivity index (χ0v) is 14.2. The molecule has 7 heteroatoms. The highest BCUT2D eigenvalue weighted by Gasteiger charge is 2.22. The second-order valence-electron chi connectivity index (χ2n) is 4.80. The number of thiophene rings is 1. The van der Waals surface area contributed by atoms with Crippen molar-refractivity contribution >= 4 is 21.4 Å². The highest BCUT2D eigenvalue weighted by Crippen LogP contribution is 2.26. The Hall–Kier alpha value is -0.470. The third-order valence-electron chi connectivity index (χ3n) is 2.67. The maximum absolute atomic E-state index is 12.4. The zero-order chi connectivity index (χ0) is 15.2. The Bertz CT molecular complexity index is 510. The van der Waals surface area contributed by atoms with E-state index in [1.54, 1.807) is 0 Å². The monoisotopic (exact) mass is 320 g/mol. The van der Waals surface area contributed by atoms with Crippen LogP contribution >= 0.6 is 11.3 Å². The van der Waals surface area contributed by atoms with Crippen molar-refractivity contribution in [2.45, 2.75) is 45.2 Å². The number of aryl methyl sites for hydroxylation is 1. The Morgan fingerprint density at radius 3 is 2.70 bits per heavy atom. The molecule has 0 saturated carbocycles. The number of rotatable bonds is 9. The molecule has 0 amide bonds. The molecule has 116 valence electrons. The van der Waals surface area contributed by atoms with Crippen molar-refractivity contribution in [2.24, 2.45) is 0 Å². The summed E-state index contributed by atoms with van der Waals surface area (Å²) in [6.07, 6.45) is 0. The van der Waals surface area contributed by atoms with Crippen LogP contribution in [0, 0.1) is 6.92 Å². The summed E-state index contributed by atoms with van der Waals surface area (Å²) in [5.41, 5.74) is 0.791. The first kappa shape index (κ1) is 17.6. The largest absolute Gasteiger partial charge is 0.380 e. The smallest absolute Gasteiger partial charge is 0.242 e. The maximum atomic E-state index is 12.4. The first-order chi connectivity index (χ1) is 9.38. The first-order valence-electron chi connectivity index (χ1n) is 6.76. The molecule has 0 bridgehead atoms. The molecule has 1 rings (SSSR count). The third kappa shape index (κ3) is 5.14. The van der Waals surface area contributed by atoms with Crippen molar-refractivity contribution < 1.29 is 13.2 Å². The van der Waals surface area contributed by atoms with E-state index in [-0.39, 0.29) is 0 Å². The normalized spacial score (nSPS) is 12.2. The van der Waals surface area contributed by atoms with Crippen molar-refractivity contribution in [3.05, 3.63) is 15.8 Å². The van der Waals surface area contributed by atoms with Gasteiger partial charge in [0.25, 0.3) is 0 Å². The van der Waals surface area contributed by atoms with E-state index < -0.39 is 10.0 Å². The van der Waals surface area contributed by atoms with Crippen LogP contribution in [0.5, 0.6) is 0 Å². The number of hydrogen-bond acceptors (Lipinski definition) is 5. The molecular weight excluding hydrogens is 296 g/mol. The minimum atomic E-state index is -3.47. The summed E-state index contributed by atoms with van der Waals surface area (Å²) in [7, 11) is -3.47. The average molecular weight is 320 g/mol. The Labute approximate surface area is 125 Å². The van der Waals surface area contributed by atoms with Crippen LogP contribution in [0.15, 0.2) is 10.3 Å². The predicted octanol–water partition coefficient (Wildman–Crippen LogP) is 1.87. The summed E-state index contributed by atoms with van der Waals surface area (Å²) in [5.74, 6) is 0. The summed E-state index contributed by atoms with van der Waals surface area (Å²) in [5, 5.41) is 5.14. The molecule has 2 N–H and O–H groups in total. The molecule has 5 nitrogen and oxygen atoms in total. The van der Waals surface area contributed by atoms with Gasteiger partial charge in [0.1, 0.15) is 4.90 Å². The maximum Gasteiger partial charge on any atom is 0.242 e. The Morgan fingerprint density at radius 2 is 2.10 bits per heavy atom. The molecule has 1 aromatic rings. The highest BCUT2D eigenvalue weighted by molar-refractivity contribution is 7.89. The fourth-order valence-corrected chi connectivity index (χ4v) is 4.50. The summed E-state index contributed by atoms with van der Waals surface area (Å²) >= 11 is 1.48. The van der Waals surface area contributed by atoms with Crippen molar-refractivity contribution in [2.75, 3.05) is 19.8 Å². The lowest BCUT2D eigenvalue weighted by molar-refractivity contribution is 0.153. The topological polar surface area (TPSA) is 67.4 Å². The first-order valence-corrected chi connectivity index (χ1v) is 9.12. The van der Waals surface area contributed by atoms with Gasteiger partial charge in [-0.25, -0.2) is 13.1 Å². The van der Waals surface area contributed by atoms with E-state index >= 15 is 0 Å². The van der Waals surface area contributed by atoms with Gasteiger partial charge in [-0.05, 0) is 24.8 Å². The van der Waals surface area contributed by atoms with E-state index in [1.807, 2.05) is 33.1 Å². The van der Waals surface area contributed by atoms with Crippen molar-refractivity contribution in [1.82, 2.24) is 10.0 Å². The summed E-state index contributed by atoms with van der Waals surface area (Å²) < 4.78 is 32.5. The van der Waals surface area contributed by atoms with Gasteiger partial charge in [0, 0.05) is 30.6 Å². The summed E-state index contributed by atoms with van der Waals surface area (Å²) in [4.78, 5) is 1.26. The third-order valence-corrected chi connectivity index (χ3v) is 5.60. The molecule has 0 aliphatic rings. The molecule has 20 heavy (non-hydrogen) atoms. The number of nitrogens with one attached hydrogen (secondary N) is 2. The number of hydrogen-bond donors (Lipinski definition) is 2. The lowest BCUT2D eigenvalue weighted by Gasteiger charge is -2.11. The molecule has 1 heterocycles. The van der Waals surface area contributed by atoms with Crippen LogP contribution in [0.2, 0.25) is 0 Å². The Morgan fingerprint density at radius 1 is 1.40 bits per heavy atom. The fraction of sp³-hybridized carbons (Fsp3) is 0.692. The Balaban J connectivity index is 2.79. The quantitative estimate of drug-likeness (QED) is 0.682. The van der Waals surface area contributed by atoms with E-state index in [2.05, 4.69) is 10.0 Å². The molecule has 0 atom stereocenters. The van der Waals surface area contributed by atoms with Crippen LogP contribution in [-0.4, -0.2) is 34.2 Å². The Kier molecular flexibility index (Phi) is 7.11. The molecule has 0 radical (unpaired) electrons. The van der Waals surface area contributed by atoms with Gasteiger partial charge in [0.15, 0.2) is 0 Å². The van der Waals surface area contributed by atoms with Crippen LogP contribution in [0.4, 0.5) is 0 Å². The SMILES string of the molecule is CCOCCNS(=O)(=O)c1c(C)csc1CNC(C)C. The van der Waals surface area contributed by atoms with E-state index in [9.17, 15) is 8.42 Å². The van der Waals surface area contributed by atoms with Gasteiger partial charge in [-0.2, -0.15) is 0 Å². The lowest BCUT2D eigenvalue weighted by Crippen LogP contribution is -2.29. The van der Waals surface area contributed by atoms with Gasteiger partial charge in [0.2, 0.25) is 10.0 Å². The van der Waals surface area contributed by atoms with Crippen LogP contribution < -0.4 is 10.0 Å². The van der Waals surface area contributed by atoms with E-state index in [4.69, 9.17) is 4.74 Å². The fourth-order valence-electron chi connectivity index (χ4n) is 1.73. The van der Waals surface area contributed by atoms with E-state index in [0.717, 1.165) is 10.4 Å². The van der Waals surface area contributed by atoms with Gasteiger partial charge >= 0.3 is 0 Å². The second kappa shape index (κ2) is 8.09. The number of ether oxygens (including phenoxy) is 1. The van der Waals surface area contributed by atoms with Crippen LogP contribution in [-0.2, 0) is 21.3 Å². The molecule has 0 spiro atoms. The average Bonchev–Trinajstić information content (AvgIpc) is 2.74. The molecule has 0 unspecified atom stereocenters. The molecule has 0 aromatic carbocycles. The highest BCUT2D eigenvalue weighted by atomic mass is 32.2. The van der Waals surface area contributed by atoms with Gasteiger partial charge in [-0.15, -0.1) is 11.3 Å². The van der Waals surface area contributed by atoms with Crippen LogP contribution in [0.25, 0.3) is 0 Å². The summed E-state index contributed by atoms with van der Waals surface area (Å²) in [6, 6.07) is 0.318. The van der Waals surface area contributed by atoms with Crippen molar-refractivity contribution in [3.8, 4) is 0 Å². The molecule has 1 aromatic heterocycles. The van der Waals surface area contributed by atoms with Crippen molar-refractivity contribution in [3.63, 3.8) is 0 Å². The van der Waals surface area contributed by atoms with Crippen molar-refractivity contribution in [1.29, 1.82) is 0 Å². The van der Waals surface area contributed by atoms with Gasteiger partial charge in [0.05, 0.1) is 6.61 Å². The molecule has 0 saturated heterocycles. The van der Waals surface area contributed by atoms with Gasteiger partial charge in [-0.3, -0.25) is 0 Å². The van der Waals surface area contributed by atoms with Crippen LogP contribution in [0.1, 0.15) is 31.2 Å². The molecule has 0 aliphatic heterocycles. The van der Waals surface area contributed by atoms with E-state index in [0.29, 0.717) is 37.2 Å². The minimum Gasteiger partial charge on any atom is -0.380 e. The van der Waals surface area contributed by atoms with Gasteiger partial charge in [-0.1, -0.05) is 13.8 Å². The lowest BCUT2D eigenvalue weighted by atomic mass is 10.3. The second-order valence-corrected chi connectivity index (χ2v) is 7.47. The van der Waals surface area contributed by atoms with E-state index in [1.165, 1.54) is 11.3 Å². The molecule has 0 fully saturated rings.